The van der Waals surface area contributed by atoms with E-state index in [2.05, 4.69) is 26.1 Å². The van der Waals surface area contributed by atoms with Crippen molar-refractivity contribution in [2.75, 3.05) is 19.7 Å². The van der Waals surface area contributed by atoms with Gasteiger partial charge >= 0.3 is 0 Å². The summed E-state index contributed by atoms with van der Waals surface area (Å²) in [6.45, 7) is 9.68. The fraction of sp³-hybridized carbons (Fsp3) is 1.00. The second kappa shape index (κ2) is 3.55. The standard InChI is InChI=1S/C9H19NO/c1-9(2,3)6-8-7-10-4-5-11-8/h8,10H,4-7H2,1-3H3/t8-/m1/s1. The SMILES string of the molecule is CC(C)(C)C[C@@H]1CNCCO1. The van der Waals surface area contributed by atoms with E-state index in [0.29, 0.717) is 11.5 Å². The molecule has 0 unspecified atom stereocenters. The Bertz CT molecular complexity index is 111. The Morgan fingerprint density at radius 1 is 1.45 bits per heavy atom. The molecule has 0 aromatic rings. The van der Waals surface area contributed by atoms with E-state index < -0.39 is 0 Å². The molecule has 0 spiro atoms. The molecule has 2 heteroatoms. The summed E-state index contributed by atoms with van der Waals surface area (Å²) in [7, 11) is 0. The van der Waals surface area contributed by atoms with Crippen LogP contribution in [0, 0.1) is 5.41 Å². The van der Waals surface area contributed by atoms with Crippen LogP contribution in [0.1, 0.15) is 27.2 Å². The van der Waals surface area contributed by atoms with Crippen molar-refractivity contribution in [3.05, 3.63) is 0 Å². The zero-order chi connectivity index (χ0) is 8.32. The van der Waals surface area contributed by atoms with E-state index in [9.17, 15) is 0 Å². The Labute approximate surface area is 69.3 Å². The molecule has 1 N–H and O–H groups in total. The minimum absolute atomic E-state index is 0.393. The zero-order valence-corrected chi connectivity index (χ0v) is 7.81. The van der Waals surface area contributed by atoms with Gasteiger partial charge in [0.15, 0.2) is 0 Å². The lowest BCUT2D eigenvalue weighted by atomic mass is 9.89. The van der Waals surface area contributed by atoms with Crippen molar-refractivity contribution in [3.8, 4) is 0 Å². The molecular formula is C9H19NO. The van der Waals surface area contributed by atoms with E-state index in [1.807, 2.05) is 0 Å². The number of morpholine rings is 1. The van der Waals surface area contributed by atoms with Gasteiger partial charge in [0.25, 0.3) is 0 Å². The molecule has 0 amide bonds. The molecule has 1 aliphatic heterocycles. The molecule has 0 saturated carbocycles. The Balaban J connectivity index is 2.24. The lowest BCUT2D eigenvalue weighted by Crippen LogP contribution is -2.40. The van der Waals surface area contributed by atoms with Crippen molar-refractivity contribution in [1.29, 1.82) is 0 Å². The third-order valence-corrected chi connectivity index (χ3v) is 1.84. The fourth-order valence-corrected chi connectivity index (χ4v) is 1.43. The molecule has 0 bridgehead atoms. The predicted molar refractivity (Wildman–Crippen MR) is 46.7 cm³/mol. The first-order chi connectivity index (χ1) is 5.08. The van der Waals surface area contributed by atoms with Gasteiger partial charge in [0, 0.05) is 13.1 Å². The van der Waals surface area contributed by atoms with Crippen molar-refractivity contribution in [2.24, 2.45) is 5.41 Å². The van der Waals surface area contributed by atoms with Gasteiger partial charge < -0.3 is 10.1 Å². The highest BCUT2D eigenvalue weighted by atomic mass is 16.5. The first-order valence-electron chi connectivity index (χ1n) is 4.40. The quantitative estimate of drug-likeness (QED) is 0.621. The molecule has 1 aliphatic rings. The van der Waals surface area contributed by atoms with E-state index in [0.717, 1.165) is 26.1 Å². The largest absolute Gasteiger partial charge is 0.376 e. The summed E-state index contributed by atoms with van der Waals surface area (Å²) < 4.78 is 5.59. The molecule has 0 aromatic carbocycles. The van der Waals surface area contributed by atoms with Crippen molar-refractivity contribution in [3.63, 3.8) is 0 Å². The topological polar surface area (TPSA) is 21.3 Å². The smallest absolute Gasteiger partial charge is 0.0705 e. The molecule has 0 aliphatic carbocycles. The molecule has 1 atom stereocenters. The average Bonchev–Trinajstić information content (AvgIpc) is 1.85. The second-order valence-corrected chi connectivity index (χ2v) is 4.46. The van der Waals surface area contributed by atoms with Crippen molar-refractivity contribution >= 4 is 0 Å². The third-order valence-electron chi connectivity index (χ3n) is 1.84. The monoisotopic (exact) mass is 157 g/mol. The minimum atomic E-state index is 0.393. The minimum Gasteiger partial charge on any atom is -0.376 e. The van der Waals surface area contributed by atoms with E-state index in [4.69, 9.17) is 4.74 Å². The van der Waals surface area contributed by atoms with Crippen molar-refractivity contribution in [1.82, 2.24) is 5.32 Å². The zero-order valence-electron chi connectivity index (χ0n) is 7.81. The van der Waals surface area contributed by atoms with Crippen LogP contribution >= 0.6 is 0 Å². The number of rotatable bonds is 1. The molecule has 0 aromatic heterocycles. The molecule has 1 heterocycles. The van der Waals surface area contributed by atoms with E-state index in [1.165, 1.54) is 0 Å². The first kappa shape index (κ1) is 9.01. The summed E-state index contributed by atoms with van der Waals surface area (Å²) in [6.07, 6.45) is 1.59. The van der Waals surface area contributed by atoms with Crippen molar-refractivity contribution < 1.29 is 4.74 Å². The average molecular weight is 157 g/mol. The Morgan fingerprint density at radius 3 is 2.64 bits per heavy atom. The first-order valence-corrected chi connectivity index (χ1v) is 4.40. The lowest BCUT2D eigenvalue weighted by molar-refractivity contribution is 0.00461. The van der Waals surface area contributed by atoms with E-state index in [1.54, 1.807) is 0 Å². The van der Waals surface area contributed by atoms with E-state index in [-0.39, 0.29) is 0 Å². The van der Waals surface area contributed by atoms with Crippen LogP contribution in [0.3, 0.4) is 0 Å². The van der Waals surface area contributed by atoms with Gasteiger partial charge in [-0.05, 0) is 11.8 Å². The Kier molecular flexibility index (Phi) is 2.90. The lowest BCUT2D eigenvalue weighted by Gasteiger charge is -2.29. The maximum atomic E-state index is 5.59. The van der Waals surface area contributed by atoms with Gasteiger partial charge in [0.2, 0.25) is 0 Å². The van der Waals surface area contributed by atoms with E-state index >= 15 is 0 Å². The van der Waals surface area contributed by atoms with Crippen LogP contribution in [0.2, 0.25) is 0 Å². The van der Waals surface area contributed by atoms with Gasteiger partial charge in [-0.3, -0.25) is 0 Å². The molecule has 1 rings (SSSR count). The van der Waals surface area contributed by atoms with Gasteiger partial charge in [-0.1, -0.05) is 20.8 Å². The maximum absolute atomic E-state index is 5.59. The molecule has 66 valence electrons. The van der Waals surface area contributed by atoms with Crippen LogP contribution in [0.15, 0.2) is 0 Å². The van der Waals surface area contributed by atoms with Gasteiger partial charge in [-0.2, -0.15) is 0 Å². The molecule has 11 heavy (non-hydrogen) atoms. The summed E-state index contributed by atoms with van der Waals surface area (Å²) in [6, 6.07) is 0. The highest BCUT2D eigenvalue weighted by molar-refractivity contribution is 4.73. The molecule has 1 fully saturated rings. The molecule has 1 saturated heterocycles. The highest BCUT2D eigenvalue weighted by Crippen LogP contribution is 2.22. The fourth-order valence-electron chi connectivity index (χ4n) is 1.43. The summed E-state index contributed by atoms with van der Waals surface area (Å²) >= 11 is 0. The summed E-state index contributed by atoms with van der Waals surface area (Å²) in [5.41, 5.74) is 0.393. The Morgan fingerprint density at radius 2 is 2.18 bits per heavy atom. The van der Waals surface area contributed by atoms with Crippen LogP contribution in [-0.2, 0) is 4.74 Å². The van der Waals surface area contributed by atoms with Gasteiger partial charge in [-0.25, -0.2) is 0 Å². The van der Waals surface area contributed by atoms with Gasteiger partial charge in [0.05, 0.1) is 12.7 Å². The van der Waals surface area contributed by atoms with Crippen LogP contribution in [0.25, 0.3) is 0 Å². The van der Waals surface area contributed by atoms with Crippen molar-refractivity contribution in [2.45, 2.75) is 33.3 Å². The molecular weight excluding hydrogens is 138 g/mol. The Hall–Kier alpha value is -0.0800. The number of hydrogen-bond donors (Lipinski definition) is 1. The highest BCUT2D eigenvalue weighted by Gasteiger charge is 2.20. The van der Waals surface area contributed by atoms with Crippen LogP contribution < -0.4 is 5.32 Å². The summed E-state index contributed by atoms with van der Waals surface area (Å²) in [4.78, 5) is 0. The van der Waals surface area contributed by atoms with Crippen LogP contribution in [0.4, 0.5) is 0 Å². The molecule has 0 radical (unpaired) electrons. The van der Waals surface area contributed by atoms with Crippen LogP contribution in [-0.4, -0.2) is 25.8 Å². The predicted octanol–water partition coefficient (Wildman–Crippen LogP) is 1.41. The summed E-state index contributed by atoms with van der Waals surface area (Å²) in [5, 5.41) is 3.33. The third kappa shape index (κ3) is 3.73. The molecule has 2 nitrogen and oxygen atoms in total. The van der Waals surface area contributed by atoms with Gasteiger partial charge in [-0.15, -0.1) is 0 Å². The number of ether oxygens (including phenoxy) is 1. The van der Waals surface area contributed by atoms with Gasteiger partial charge in [0.1, 0.15) is 0 Å². The maximum Gasteiger partial charge on any atom is 0.0705 e. The second-order valence-electron chi connectivity index (χ2n) is 4.46. The number of hydrogen-bond acceptors (Lipinski definition) is 2. The summed E-state index contributed by atoms with van der Waals surface area (Å²) in [5.74, 6) is 0. The normalized spacial score (nSPS) is 27.0. The van der Waals surface area contributed by atoms with Crippen LogP contribution in [0.5, 0.6) is 0 Å². The number of nitrogens with one attached hydrogen (secondary N) is 1.